The molecule has 17 heavy (non-hydrogen) atoms. The van der Waals surface area contributed by atoms with Gasteiger partial charge < -0.3 is 15.6 Å². The molecule has 0 aliphatic carbocycles. The van der Waals surface area contributed by atoms with Crippen LogP contribution in [-0.4, -0.2) is 15.1 Å². The van der Waals surface area contributed by atoms with Gasteiger partial charge in [0.2, 0.25) is 11.8 Å². The fraction of sp³-hybridized carbons (Fsp3) is 0.167. The number of anilines is 1. The first-order valence-electron chi connectivity index (χ1n) is 5.16. The van der Waals surface area contributed by atoms with Crippen molar-refractivity contribution in [3.8, 4) is 11.6 Å². The molecule has 0 amide bonds. The summed E-state index contributed by atoms with van der Waals surface area (Å²) >= 11 is 0. The van der Waals surface area contributed by atoms with Gasteiger partial charge in [-0.1, -0.05) is 18.2 Å². The average Bonchev–Trinajstić information content (AvgIpc) is 2.34. The van der Waals surface area contributed by atoms with Crippen LogP contribution in [0.2, 0.25) is 0 Å². The molecular weight excluding hydrogens is 218 g/mol. The van der Waals surface area contributed by atoms with Crippen LogP contribution in [0.3, 0.4) is 0 Å². The Hall–Kier alpha value is -2.14. The SMILES string of the molecule is Cc1cnc(N)nc1Oc1ccccc1CO. The average molecular weight is 231 g/mol. The van der Waals surface area contributed by atoms with Gasteiger partial charge in [-0.05, 0) is 13.0 Å². The summed E-state index contributed by atoms with van der Waals surface area (Å²) in [4.78, 5) is 7.87. The predicted octanol–water partition coefficient (Wildman–Crippen LogP) is 1.65. The number of nitrogens with zero attached hydrogens (tertiary/aromatic N) is 2. The van der Waals surface area contributed by atoms with Gasteiger partial charge in [0.05, 0.1) is 6.61 Å². The van der Waals surface area contributed by atoms with Crippen molar-refractivity contribution in [1.29, 1.82) is 0 Å². The summed E-state index contributed by atoms with van der Waals surface area (Å²) in [6.45, 7) is 1.74. The van der Waals surface area contributed by atoms with Crippen molar-refractivity contribution in [2.24, 2.45) is 0 Å². The van der Waals surface area contributed by atoms with Crippen molar-refractivity contribution in [3.63, 3.8) is 0 Å². The summed E-state index contributed by atoms with van der Waals surface area (Å²) in [5.41, 5.74) is 6.98. The molecule has 0 unspecified atom stereocenters. The van der Waals surface area contributed by atoms with Gasteiger partial charge >= 0.3 is 0 Å². The molecule has 0 fully saturated rings. The highest BCUT2D eigenvalue weighted by molar-refractivity contribution is 5.38. The van der Waals surface area contributed by atoms with Crippen molar-refractivity contribution >= 4 is 5.95 Å². The third-order valence-corrected chi connectivity index (χ3v) is 2.29. The lowest BCUT2D eigenvalue weighted by molar-refractivity contribution is 0.276. The smallest absolute Gasteiger partial charge is 0.226 e. The van der Waals surface area contributed by atoms with E-state index in [9.17, 15) is 5.11 Å². The van der Waals surface area contributed by atoms with Gasteiger partial charge in [-0.15, -0.1) is 0 Å². The van der Waals surface area contributed by atoms with Crippen LogP contribution in [0.25, 0.3) is 0 Å². The van der Waals surface area contributed by atoms with Crippen LogP contribution >= 0.6 is 0 Å². The summed E-state index contributed by atoms with van der Waals surface area (Å²) < 4.78 is 5.62. The number of aliphatic hydroxyl groups is 1. The van der Waals surface area contributed by atoms with E-state index in [4.69, 9.17) is 10.5 Å². The van der Waals surface area contributed by atoms with E-state index in [0.29, 0.717) is 17.2 Å². The van der Waals surface area contributed by atoms with Crippen LogP contribution in [0, 0.1) is 6.92 Å². The van der Waals surface area contributed by atoms with E-state index in [1.54, 1.807) is 18.3 Å². The quantitative estimate of drug-likeness (QED) is 0.839. The number of rotatable bonds is 3. The number of aromatic nitrogens is 2. The molecule has 0 bridgehead atoms. The standard InChI is InChI=1S/C12H13N3O2/c1-8-6-14-12(13)15-11(8)17-10-5-3-2-4-9(10)7-16/h2-6,16H,7H2,1H3,(H2,13,14,15). The highest BCUT2D eigenvalue weighted by Crippen LogP contribution is 2.26. The maximum atomic E-state index is 9.18. The highest BCUT2D eigenvalue weighted by atomic mass is 16.5. The molecule has 1 aromatic carbocycles. The van der Waals surface area contributed by atoms with Crippen molar-refractivity contribution in [1.82, 2.24) is 9.97 Å². The van der Waals surface area contributed by atoms with E-state index in [2.05, 4.69) is 9.97 Å². The number of aryl methyl sites for hydroxylation is 1. The fourth-order valence-corrected chi connectivity index (χ4v) is 1.38. The molecule has 0 aliphatic heterocycles. The van der Waals surface area contributed by atoms with Crippen LogP contribution < -0.4 is 10.5 Å². The van der Waals surface area contributed by atoms with E-state index in [1.807, 2.05) is 19.1 Å². The lowest BCUT2D eigenvalue weighted by Gasteiger charge is -2.10. The zero-order valence-corrected chi connectivity index (χ0v) is 9.42. The second kappa shape index (κ2) is 4.80. The number of hydrogen-bond acceptors (Lipinski definition) is 5. The Morgan fingerprint density at radius 2 is 2.12 bits per heavy atom. The van der Waals surface area contributed by atoms with Crippen LogP contribution in [-0.2, 0) is 6.61 Å². The second-order valence-corrected chi connectivity index (χ2v) is 3.58. The van der Waals surface area contributed by atoms with Crippen LogP contribution in [0.1, 0.15) is 11.1 Å². The number of aliphatic hydroxyl groups excluding tert-OH is 1. The first kappa shape index (κ1) is 11.3. The largest absolute Gasteiger partial charge is 0.438 e. The Kier molecular flexibility index (Phi) is 3.20. The van der Waals surface area contributed by atoms with Crippen molar-refractivity contribution in [3.05, 3.63) is 41.6 Å². The van der Waals surface area contributed by atoms with Gasteiger partial charge in [-0.2, -0.15) is 4.98 Å². The minimum atomic E-state index is -0.0875. The minimum Gasteiger partial charge on any atom is -0.438 e. The topological polar surface area (TPSA) is 81.3 Å². The normalized spacial score (nSPS) is 10.2. The molecule has 1 heterocycles. The van der Waals surface area contributed by atoms with Gasteiger partial charge in [-0.3, -0.25) is 0 Å². The maximum Gasteiger partial charge on any atom is 0.226 e. The molecule has 0 saturated heterocycles. The monoisotopic (exact) mass is 231 g/mol. The van der Waals surface area contributed by atoms with Gasteiger partial charge in [-0.25, -0.2) is 4.98 Å². The van der Waals surface area contributed by atoms with Crippen LogP contribution in [0.5, 0.6) is 11.6 Å². The predicted molar refractivity (Wildman–Crippen MR) is 63.6 cm³/mol. The van der Waals surface area contributed by atoms with E-state index >= 15 is 0 Å². The van der Waals surface area contributed by atoms with Crippen molar-refractivity contribution < 1.29 is 9.84 Å². The molecule has 1 aromatic heterocycles. The molecule has 5 nitrogen and oxygen atoms in total. The van der Waals surface area contributed by atoms with E-state index < -0.39 is 0 Å². The second-order valence-electron chi connectivity index (χ2n) is 3.58. The number of para-hydroxylation sites is 1. The minimum absolute atomic E-state index is 0.0875. The first-order chi connectivity index (χ1) is 8.20. The number of hydrogen-bond donors (Lipinski definition) is 2. The molecule has 3 N–H and O–H groups in total. The summed E-state index contributed by atoms with van der Waals surface area (Å²) in [5, 5.41) is 9.18. The molecule has 88 valence electrons. The first-order valence-corrected chi connectivity index (χ1v) is 5.16. The van der Waals surface area contributed by atoms with Gasteiger partial charge in [0, 0.05) is 17.3 Å². The molecule has 0 saturated carbocycles. The molecular formula is C12H13N3O2. The zero-order valence-electron chi connectivity index (χ0n) is 9.42. The summed E-state index contributed by atoms with van der Waals surface area (Å²) in [6.07, 6.45) is 1.60. The Morgan fingerprint density at radius 3 is 2.88 bits per heavy atom. The molecule has 0 atom stereocenters. The lowest BCUT2D eigenvalue weighted by atomic mass is 10.2. The molecule has 0 radical (unpaired) electrons. The van der Waals surface area contributed by atoms with Gasteiger partial charge in [0.1, 0.15) is 5.75 Å². The summed E-state index contributed by atoms with van der Waals surface area (Å²) in [6, 6.07) is 7.21. The number of ether oxygens (including phenoxy) is 1. The Labute approximate surface area is 98.9 Å². The molecule has 0 spiro atoms. The Balaban J connectivity index is 2.34. The molecule has 2 rings (SSSR count). The summed E-state index contributed by atoms with van der Waals surface area (Å²) in [5.74, 6) is 1.13. The van der Waals surface area contributed by atoms with Gasteiger partial charge in [0.15, 0.2) is 0 Å². The Morgan fingerprint density at radius 1 is 1.35 bits per heavy atom. The van der Waals surface area contributed by atoms with Gasteiger partial charge in [0.25, 0.3) is 0 Å². The highest BCUT2D eigenvalue weighted by Gasteiger charge is 2.07. The van der Waals surface area contributed by atoms with Crippen molar-refractivity contribution in [2.75, 3.05) is 5.73 Å². The number of nitrogens with two attached hydrogens (primary N) is 1. The third-order valence-electron chi connectivity index (χ3n) is 2.29. The molecule has 2 aromatic rings. The number of benzene rings is 1. The number of nitrogen functional groups attached to an aromatic ring is 1. The third kappa shape index (κ3) is 2.51. The van der Waals surface area contributed by atoms with E-state index in [1.165, 1.54) is 0 Å². The fourth-order valence-electron chi connectivity index (χ4n) is 1.38. The summed E-state index contributed by atoms with van der Waals surface area (Å²) in [7, 11) is 0. The molecule has 5 heteroatoms. The van der Waals surface area contributed by atoms with E-state index in [-0.39, 0.29) is 12.6 Å². The maximum absolute atomic E-state index is 9.18. The Bertz CT molecular complexity index is 529. The van der Waals surface area contributed by atoms with E-state index in [0.717, 1.165) is 5.56 Å². The lowest BCUT2D eigenvalue weighted by Crippen LogP contribution is -2.00. The van der Waals surface area contributed by atoms with Crippen LogP contribution in [0.4, 0.5) is 5.95 Å². The van der Waals surface area contributed by atoms with Crippen LogP contribution in [0.15, 0.2) is 30.5 Å². The zero-order chi connectivity index (χ0) is 12.3. The van der Waals surface area contributed by atoms with Crippen molar-refractivity contribution in [2.45, 2.75) is 13.5 Å². The molecule has 0 aliphatic rings.